The van der Waals surface area contributed by atoms with Crippen LogP contribution in [0.25, 0.3) is 0 Å². The lowest BCUT2D eigenvalue weighted by molar-refractivity contribution is -0.138. The van der Waals surface area contributed by atoms with Gasteiger partial charge in [0.2, 0.25) is 0 Å². The van der Waals surface area contributed by atoms with Crippen molar-refractivity contribution < 1.29 is 27.8 Å². The highest BCUT2D eigenvalue weighted by atomic mass is 19.4. The lowest BCUT2D eigenvalue weighted by atomic mass is 9.79. The Bertz CT molecular complexity index is 763. The van der Waals surface area contributed by atoms with Crippen molar-refractivity contribution in [3.8, 4) is 11.5 Å². The predicted molar refractivity (Wildman–Crippen MR) is 96.2 cm³/mol. The van der Waals surface area contributed by atoms with E-state index in [2.05, 4.69) is 5.32 Å². The van der Waals surface area contributed by atoms with E-state index < -0.39 is 23.0 Å². The number of nitrogens with zero attached hydrogens (tertiary/aromatic N) is 1. The van der Waals surface area contributed by atoms with E-state index in [1.165, 1.54) is 11.9 Å². The summed E-state index contributed by atoms with van der Waals surface area (Å²) >= 11 is 0. The van der Waals surface area contributed by atoms with Crippen molar-refractivity contribution in [1.29, 1.82) is 5.41 Å². The molecule has 1 saturated carbocycles. The molecule has 2 aliphatic rings. The van der Waals surface area contributed by atoms with Gasteiger partial charge in [-0.3, -0.25) is 15.1 Å². The lowest BCUT2D eigenvalue weighted by Crippen LogP contribution is -2.53. The fourth-order valence-electron chi connectivity index (χ4n) is 3.97. The fourth-order valence-corrected chi connectivity index (χ4v) is 3.97. The molecule has 1 amide bonds. The molecule has 0 radical (unpaired) electrons. The van der Waals surface area contributed by atoms with E-state index in [0.29, 0.717) is 6.42 Å². The number of aromatic hydroxyl groups is 1. The van der Waals surface area contributed by atoms with Gasteiger partial charge in [0, 0.05) is 7.05 Å². The largest absolute Gasteiger partial charge is 0.504 e. The van der Waals surface area contributed by atoms with Crippen LogP contribution < -0.4 is 10.1 Å². The van der Waals surface area contributed by atoms with Gasteiger partial charge in [0.05, 0.1) is 5.56 Å². The van der Waals surface area contributed by atoms with Crippen LogP contribution in [0.2, 0.25) is 0 Å². The molecule has 0 bridgehead atoms. The Hall–Kier alpha value is -2.45. The second-order valence-electron chi connectivity index (χ2n) is 7.60. The van der Waals surface area contributed by atoms with Crippen LogP contribution in [-0.4, -0.2) is 41.1 Å². The fraction of sp³-hybridized carbons (Fsp3) is 0.579. The number of phenols is 1. The van der Waals surface area contributed by atoms with Crippen molar-refractivity contribution in [1.82, 2.24) is 10.2 Å². The van der Waals surface area contributed by atoms with Crippen LogP contribution in [0, 0.1) is 11.3 Å². The van der Waals surface area contributed by atoms with Gasteiger partial charge in [0.1, 0.15) is 6.61 Å². The number of carbonyl (C=O) groups is 1. The number of carbonyl (C=O) groups excluding carboxylic acids is 1. The van der Waals surface area contributed by atoms with E-state index in [-0.39, 0.29) is 30.1 Å². The molecule has 0 spiro atoms. The molecular formula is C19H24F3N3O3. The summed E-state index contributed by atoms with van der Waals surface area (Å²) in [5.41, 5.74) is -2.17. The average Bonchev–Trinajstić information content (AvgIpc) is 2.85. The Morgan fingerprint density at radius 1 is 1.32 bits per heavy atom. The van der Waals surface area contributed by atoms with Crippen LogP contribution in [0.5, 0.6) is 11.5 Å². The maximum Gasteiger partial charge on any atom is 0.416 e. The van der Waals surface area contributed by atoms with Gasteiger partial charge < -0.3 is 15.2 Å². The van der Waals surface area contributed by atoms with E-state index in [0.717, 1.165) is 50.3 Å². The van der Waals surface area contributed by atoms with E-state index in [4.69, 9.17) is 10.1 Å². The third-order valence-corrected chi connectivity index (χ3v) is 5.53. The zero-order valence-corrected chi connectivity index (χ0v) is 15.6. The molecule has 28 heavy (non-hydrogen) atoms. The minimum Gasteiger partial charge on any atom is -0.504 e. The van der Waals surface area contributed by atoms with Gasteiger partial charge in [0.25, 0.3) is 5.91 Å². The summed E-state index contributed by atoms with van der Waals surface area (Å²) in [6.45, 7) is -0.274. The van der Waals surface area contributed by atoms with Crippen LogP contribution in [0.4, 0.5) is 13.2 Å². The van der Waals surface area contributed by atoms with Gasteiger partial charge in [-0.2, -0.15) is 13.2 Å². The van der Waals surface area contributed by atoms with Gasteiger partial charge in [-0.15, -0.1) is 0 Å². The number of benzene rings is 1. The van der Waals surface area contributed by atoms with E-state index in [9.17, 15) is 23.1 Å². The van der Waals surface area contributed by atoms with Crippen LogP contribution in [0.3, 0.4) is 0 Å². The second kappa shape index (κ2) is 7.52. The molecule has 6 nitrogen and oxygen atoms in total. The molecule has 1 saturated heterocycles. The minimum absolute atomic E-state index is 0.0716. The number of ether oxygens (including phenoxy) is 1. The van der Waals surface area contributed by atoms with Crippen LogP contribution in [0.1, 0.15) is 44.1 Å². The van der Waals surface area contributed by atoms with E-state index in [1.807, 2.05) is 0 Å². The molecule has 154 valence electrons. The molecule has 1 unspecified atom stereocenters. The number of nitrogens with one attached hydrogen (secondary N) is 2. The summed E-state index contributed by atoms with van der Waals surface area (Å²) in [5, 5.41) is 20.7. The minimum atomic E-state index is -4.57. The number of phenolic OH excluding ortho intramolecular Hbond substituents is 1. The molecule has 0 aromatic heterocycles. The third-order valence-electron chi connectivity index (χ3n) is 5.53. The van der Waals surface area contributed by atoms with Crippen LogP contribution in [-0.2, 0) is 11.0 Å². The lowest BCUT2D eigenvalue weighted by Gasteiger charge is -2.32. The maximum atomic E-state index is 13.0. The summed E-state index contributed by atoms with van der Waals surface area (Å²) in [5.74, 6) is -0.932. The first-order valence-electron chi connectivity index (χ1n) is 9.30. The van der Waals surface area contributed by atoms with Crippen molar-refractivity contribution in [2.24, 2.45) is 5.92 Å². The van der Waals surface area contributed by atoms with E-state index >= 15 is 0 Å². The summed E-state index contributed by atoms with van der Waals surface area (Å²) in [6.07, 6.45) is 1.06. The molecule has 1 aliphatic carbocycles. The zero-order valence-electron chi connectivity index (χ0n) is 15.6. The number of guanidine groups is 1. The van der Waals surface area contributed by atoms with Gasteiger partial charge in [0.15, 0.2) is 23.0 Å². The number of amides is 1. The third kappa shape index (κ3) is 4.02. The Balaban J connectivity index is 1.83. The molecule has 1 heterocycles. The first-order valence-corrected chi connectivity index (χ1v) is 9.30. The highest BCUT2D eigenvalue weighted by molar-refractivity contribution is 6.07. The Morgan fingerprint density at radius 3 is 2.57 bits per heavy atom. The molecular weight excluding hydrogens is 375 g/mol. The highest BCUT2D eigenvalue weighted by Gasteiger charge is 2.50. The van der Waals surface area contributed by atoms with Gasteiger partial charge >= 0.3 is 6.18 Å². The molecule has 1 atom stereocenters. The predicted octanol–water partition coefficient (Wildman–Crippen LogP) is 3.50. The summed E-state index contributed by atoms with van der Waals surface area (Å²) in [4.78, 5) is 14.0. The number of hydrogen-bond acceptors (Lipinski definition) is 4. The van der Waals surface area contributed by atoms with Crippen molar-refractivity contribution in [2.75, 3.05) is 13.7 Å². The molecule has 1 aromatic rings. The molecule has 3 N–H and O–H groups in total. The first kappa shape index (κ1) is 20.3. The van der Waals surface area contributed by atoms with Gasteiger partial charge in [-0.05, 0) is 30.5 Å². The smallest absolute Gasteiger partial charge is 0.416 e. The molecule has 1 aliphatic heterocycles. The van der Waals surface area contributed by atoms with Gasteiger partial charge in [-0.25, -0.2) is 0 Å². The Morgan fingerprint density at radius 2 is 2.00 bits per heavy atom. The van der Waals surface area contributed by atoms with Crippen molar-refractivity contribution in [3.63, 3.8) is 0 Å². The monoisotopic (exact) mass is 399 g/mol. The number of alkyl halides is 3. The van der Waals surface area contributed by atoms with Crippen molar-refractivity contribution in [2.45, 2.75) is 50.2 Å². The normalized spacial score (nSPS) is 23.8. The quantitative estimate of drug-likeness (QED) is 0.708. The van der Waals surface area contributed by atoms with E-state index in [1.54, 1.807) is 0 Å². The maximum absolute atomic E-state index is 13.0. The molecule has 1 aromatic carbocycles. The highest BCUT2D eigenvalue weighted by Crippen LogP contribution is 2.38. The Labute approximate surface area is 161 Å². The first-order chi connectivity index (χ1) is 13.1. The van der Waals surface area contributed by atoms with Crippen molar-refractivity contribution >= 4 is 11.9 Å². The summed E-state index contributed by atoms with van der Waals surface area (Å²) in [7, 11) is 1.47. The number of likely N-dealkylation sites (N-methyl/N-ethyl adjacent to an activating group) is 1. The number of halogens is 3. The van der Waals surface area contributed by atoms with Gasteiger partial charge in [-0.1, -0.05) is 32.1 Å². The zero-order chi connectivity index (χ0) is 20.5. The topological polar surface area (TPSA) is 85.7 Å². The Kier molecular flexibility index (Phi) is 5.45. The van der Waals surface area contributed by atoms with Crippen molar-refractivity contribution in [3.05, 3.63) is 23.8 Å². The molecule has 3 rings (SSSR count). The summed E-state index contributed by atoms with van der Waals surface area (Å²) in [6, 6.07) is 2.41. The van der Waals surface area contributed by atoms with Crippen LogP contribution >= 0.6 is 0 Å². The van der Waals surface area contributed by atoms with Crippen LogP contribution in [0.15, 0.2) is 18.2 Å². The molecule has 2 fully saturated rings. The number of hydrogen-bond donors (Lipinski definition) is 3. The number of rotatable bonds is 5. The second-order valence-corrected chi connectivity index (χ2v) is 7.60. The molecule has 9 heteroatoms. The summed E-state index contributed by atoms with van der Waals surface area (Å²) < 4.78 is 44.4. The SMILES string of the molecule is CN1C(=N)NC(COc2cc(C(F)(F)F)ccc2O)(CC2CCCCC2)C1=O. The standard InChI is InChI=1S/C19H24F3N3O3/c1-25-16(27)18(24-17(25)23,10-12-5-3-2-4-6-12)11-28-15-9-13(19(20,21)22)7-8-14(15)26/h7-9,12,26H,2-6,10-11H2,1H3,(H2,23,24). The average molecular weight is 399 g/mol.